The van der Waals surface area contributed by atoms with Crippen LogP contribution in [0.15, 0.2) is 50.2 Å². The maximum absolute atomic E-state index is 13.8. The zero-order valence-corrected chi connectivity index (χ0v) is 26.1. The lowest BCUT2D eigenvalue weighted by Crippen LogP contribution is -2.64. The number of nitrogens with zero attached hydrogens (tertiary/aromatic N) is 3. The number of hydrogen-bond acceptors (Lipinski definition) is 5. The first kappa shape index (κ1) is 26.6. The van der Waals surface area contributed by atoms with Gasteiger partial charge in [-0.2, -0.15) is 0 Å². The molecule has 7 nitrogen and oxygen atoms in total. The topological polar surface area (TPSA) is 87.7 Å². The number of esters is 1. The van der Waals surface area contributed by atoms with Crippen molar-refractivity contribution in [2.24, 2.45) is 4.99 Å². The number of ether oxygens (including phenoxy) is 1. The lowest BCUT2D eigenvalue weighted by molar-refractivity contribution is -0.154. The second kappa shape index (κ2) is 9.03. The lowest BCUT2D eigenvalue weighted by atomic mass is 9.73. The van der Waals surface area contributed by atoms with Crippen LogP contribution in [0.5, 0.6) is 0 Å². The number of aliphatic imine (C=N–C) groups is 1. The van der Waals surface area contributed by atoms with E-state index < -0.39 is 25.0 Å². The van der Waals surface area contributed by atoms with Crippen molar-refractivity contribution in [1.29, 1.82) is 0 Å². The van der Waals surface area contributed by atoms with Crippen molar-refractivity contribution in [2.75, 3.05) is 6.61 Å². The van der Waals surface area contributed by atoms with Gasteiger partial charge in [0.2, 0.25) is 5.91 Å². The minimum Gasteiger partial charge on any atom is -0.461 e. The number of carbonyl (C=O) groups is 2. The van der Waals surface area contributed by atoms with Crippen LogP contribution in [0.1, 0.15) is 37.2 Å². The summed E-state index contributed by atoms with van der Waals surface area (Å²) in [5.74, 6) is -0.879. The normalized spacial score (nSPS) is 22.9. The van der Waals surface area contributed by atoms with E-state index in [-0.39, 0.29) is 29.7 Å². The highest BCUT2D eigenvalue weighted by Gasteiger charge is 2.61. The van der Waals surface area contributed by atoms with Crippen LogP contribution in [0.3, 0.4) is 0 Å². The molecule has 0 radical (unpaired) electrons. The van der Waals surface area contributed by atoms with E-state index in [1.165, 1.54) is 4.90 Å². The number of aromatic amines is 1. The number of β-lactam (4-membered cyclic amide) rings is 1. The number of allylic oxidation sites excluding steroid dienone is 1. The Bertz CT molecular complexity index is 1440. The van der Waals surface area contributed by atoms with Crippen molar-refractivity contribution in [3.8, 4) is 0 Å². The van der Waals surface area contributed by atoms with E-state index in [2.05, 4.69) is 61.5 Å². The first-order valence-corrected chi connectivity index (χ1v) is 17.7. The summed E-state index contributed by atoms with van der Waals surface area (Å²) in [5, 5.41) is 0.0654. The van der Waals surface area contributed by atoms with Crippen molar-refractivity contribution in [1.82, 2.24) is 14.9 Å². The first-order valence-electron chi connectivity index (χ1n) is 12.0. The molecular formula is C26H27Br2ClN4O3Si. The number of imidazole rings is 1. The number of rotatable bonds is 4. The number of halogens is 3. The predicted octanol–water partition coefficient (Wildman–Crippen LogP) is 6.78. The number of carbonyl (C=O) groups excluding carboxylic acids is 2. The molecule has 1 N–H and O–H groups in total. The van der Waals surface area contributed by atoms with E-state index in [0.29, 0.717) is 21.8 Å². The smallest absolute Gasteiger partial charge is 0.356 e. The molecule has 1 aromatic carbocycles. The minimum atomic E-state index is -1.47. The van der Waals surface area contributed by atoms with Crippen LogP contribution in [0, 0.1) is 0 Å². The molecule has 37 heavy (non-hydrogen) atoms. The molecule has 194 valence electrons. The summed E-state index contributed by atoms with van der Waals surface area (Å²) in [6.45, 7) is 10.9. The van der Waals surface area contributed by atoms with Gasteiger partial charge in [-0.15, -0.1) is 0 Å². The quantitative estimate of drug-likeness (QED) is 0.221. The molecule has 4 heterocycles. The fourth-order valence-electron chi connectivity index (χ4n) is 4.97. The molecule has 5 rings (SSSR count). The molecular weight excluding hydrogens is 640 g/mol. The standard InChI is InChI=1S/C26H27Br2ClN4O3Si/c1-25(2)9-8-17-26(15-7-6-14(27)12-16(15)30-17)13-18(34)33(26)21(23(35)36-10-11-37(3,4)5)19(29)20-22(25)32-24(28)31-20/h6-9,12H,10-11,13H2,1-5H3,(H,31,32)/b9-8-,21-19?. The molecule has 1 saturated heterocycles. The van der Waals surface area contributed by atoms with Crippen LogP contribution in [-0.2, 0) is 25.3 Å². The third-order valence-corrected chi connectivity index (χ3v) is 9.93. The average molecular weight is 667 g/mol. The van der Waals surface area contributed by atoms with Crippen LogP contribution < -0.4 is 0 Å². The largest absolute Gasteiger partial charge is 0.461 e. The molecule has 0 bridgehead atoms. The lowest BCUT2D eigenvalue weighted by Gasteiger charge is -2.51. The van der Waals surface area contributed by atoms with Crippen LogP contribution in [0.2, 0.25) is 25.7 Å². The summed E-state index contributed by atoms with van der Waals surface area (Å²) in [7, 11) is -1.47. The van der Waals surface area contributed by atoms with Crippen molar-refractivity contribution in [3.63, 3.8) is 0 Å². The summed E-state index contributed by atoms with van der Waals surface area (Å²) in [6.07, 6.45) is 4.14. The van der Waals surface area contributed by atoms with Gasteiger partial charge in [0.15, 0.2) is 10.4 Å². The highest BCUT2D eigenvalue weighted by molar-refractivity contribution is 9.10. The third kappa shape index (κ3) is 4.39. The first-order chi connectivity index (χ1) is 17.2. The van der Waals surface area contributed by atoms with Gasteiger partial charge < -0.3 is 9.72 Å². The molecule has 1 atom stereocenters. The van der Waals surface area contributed by atoms with Crippen molar-refractivity contribution in [2.45, 2.75) is 56.9 Å². The zero-order chi connectivity index (χ0) is 26.9. The molecule has 0 aliphatic carbocycles. The Morgan fingerprint density at radius 3 is 2.68 bits per heavy atom. The third-order valence-electron chi connectivity index (χ3n) is 7.00. The summed E-state index contributed by atoms with van der Waals surface area (Å²) in [4.78, 5) is 41.3. The van der Waals surface area contributed by atoms with Crippen LogP contribution in [-0.4, -0.2) is 47.1 Å². The summed E-state index contributed by atoms with van der Waals surface area (Å²) in [5.41, 5.74) is 1.83. The number of fused-ring (bicyclic) bond motifs is 2. The monoisotopic (exact) mass is 664 g/mol. The number of hydrogen-bond donors (Lipinski definition) is 1. The molecule has 3 aliphatic heterocycles. The zero-order valence-electron chi connectivity index (χ0n) is 21.2. The van der Waals surface area contributed by atoms with E-state index in [9.17, 15) is 9.59 Å². The van der Waals surface area contributed by atoms with Gasteiger partial charge in [-0.05, 0) is 40.2 Å². The fraction of sp³-hybridized carbons (Fsp3) is 0.385. The van der Waals surface area contributed by atoms with E-state index in [0.717, 1.165) is 21.8 Å². The number of aromatic nitrogens is 2. The molecule has 1 unspecified atom stereocenters. The Hall–Kier alpha value is -2.01. The molecule has 1 fully saturated rings. The Morgan fingerprint density at radius 2 is 2.00 bits per heavy atom. The van der Waals surface area contributed by atoms with Gasteiger partial charge in [0.25, 0.3) is 0 Å². The van der Waals surface area contributed by atoms with Gasteiger partial charge in [-0.1, -0.05) is 73.2 Å². The number of amides is 1. The molecule has 2 aromatic rings. The minimum absolute atomic E-state index is 0.0108. The van der Waals surface area contributed by atoms with E-state index >= 15 is 0 Å². The molecule has 3 aliphatic rings. The van der Waals surface area contributed by atoms with Gasteiger partial charge in [0.05, 0.1) is 35.2 Å². The van der Waals surface area contributed by atoms with Crippen LogP contribution in [0.25, 0.3) is 5.03 Å². The van der Waals surface area contributed by atoms with Gasteiger partial charge >= 0.3 is 5.97 Å². The second-order valence-electron chi connectivity index (χ2n) is 11.3. The fourth-order valence-corrected chi connectivity index (χ4v) is 6.70. The van der Waals surface area contributed by atoms with Crippen molar-refractivity contribution in [3.05, 3.63) is 62.2 Å². The van der Waals surface area contributed by atoms with Crippen molar-refractivity contribution < 1.29 is 14.3 Å². The average Bonchev–Trinajstić information content (AvgIpc) is 3.33. The van der Waals surface area contributed by atoms with Gasteiger partial charge in [-0.25, -0.2) is 9.78 Å². The highest BCUT2D eigenvalue weighted by atomic mass is 79.9. The van der Waals surface area contributed by atoms with Crippen LogP contribution >= 0.6 is 43.5 Å². The molecule has 1 amide bonds. The van der Waals surface area contributed by atoms with E-state index in [1.54, 1.807) is 0 Å². The van der Waals surface area contributed by atoms with Gasteiger partial charge in [0.1, 0.15) is 11.2 Å². The maximum atomic E-state index is 13.8. The molecule has 0 saturated carbocycles. The number of nitrogens with one attached hydrogen (secondary N) is 1. The molecule has 11 heteroatoms. The Labute approximate surface area is 238 Å². The van der Waals surface area contributed by atoms with Crippen molar-refractivity contribution >= 4 is 79.8 Å². The van der Waals surface area contributed by atoms with E-state index in [4.69, 9.17) is 21.3 Å². The summed E-state index contributed by atoms with van der Waals surface area (Å²) < 4.78 is 7.12. The van der Waals surface area contributed by atoms with Crippen LogP contribution in [0.4, 0.5) is 5.69 Å². The van der Waals surface area contributed by atoms with E-state index in [1.807, 2.05) is 44.2 Å². The number of benzene rings is 1. The predicted molar refractivity (Wildman–Crippen MR) is 155 cm³/mol. The highest BCUT2D eigenvalue weighted by Crippen LogP contribution is 2.55. The Kier molecular flexibility index (Phi) is 6.49. The number of H-pyrrole nitrogens is 1. The maximum Gasteiger partial charge on any atom is 0.356 e. The SMILES string of the molecule is CC1(C)/C=C\C2=Nc3cc(Br)ccc3C23CC(=O)N3C(C(=O)OCC[Si](C)(C)C)=C(Cl)c2nc(Br)[nH]c21. The Morgan fingerprint density at radius 1 is 1.27 bits per heavy atom. The summed E-state index contributed by atoms with van der Waals surface area (Å²) >= 11 is 14.0. The second-order valence-corrected chi connectivity index (χ2v) is 19.0. The van der Waals surface area contributed by atoms with Gasteiger partial charge in [-0.3, -0.25) is 14.7 Å². The van der Waals surface area contributed by atoms with Gasteiger partial charge in [0, 0.05) is 23.5 Å². The Balaban J connectivity index is 1.75. The summed E-state index contributed by atoms with van der Waals surface area (Å²) in [6, 6.07) is 6.57. The molecule has 1 aromatic heterocycles. The molecule has 1 spiro atoms.